The molecule has 0 saturated carbocycles. The van der Waals surface area contributed by atoms with E-state index in [1.807, 2.05) is 35.8 Å². The van der Waals surface area contributed by atoms with Crippen LogP contribution in [0.5, 0.6) is 0 Å². The Kier molecular flexibility index (Phi) is 2.92. The summed E-state index contributed by atoms with van der Waals surface area (Å²) in [5, 5.41) is 7.07. The van der Waals surface area contributed by atoms with E-state index in [9.17, 15) is 0 Å². The van der Waals surface area contributed by atoms with Crippen LogP contribution in [0.2, 0.25) is 0 Å². The van der Waals surface area contributed by atoms with E-state index in [2.05, 4.69) is 20.2 Å². The highest BCUT2D eigenvalue weighted by atomic mass is 32.1. The van der Waals surface area contributed by atoms with Crippen LogP contribution >= 0.6 is 12.2 Å². The molecule has 0 atom stereocenters. The van der Waals surface area contributed by atoms with E-state index in [4.69, 9.17) is 12.2 Å². The van der Waals surface area contributed by atoms with Gasteiger partial charge in [0.05, 0.1) is 11.9 Å². The Bertz CT molecular complexity index is 743. The molecule has 3 aromatic rings. The Labute approximate surface area is 115 Å². The fourth-order valence-corrected chi connectivity index (χ4v) is 2.05. The van der Waals surface area contributed by atoms with Gasteiger partial charge in [-0.1, -0.05) is 0 Å². The highest BCUT2D eigenvalue weighted by molar-refractivity contribution is 7.71. The number of aryl methyl sites for hydroxylation is 1. The van der Waals surface area contributed by atoms with Crippen LogP contribution < -0.4 is 0 Å². The first kappa shape index (κ1) is 11.7. The Morgan fingerprint density at radius 1 is 1.21 bits per heavy atom. The maximum absolute atomic E-state index is 5.28. The van der Waals surface area contributed by atoms with Gasteiger partial charge >= 0.3 is 0 Å². The third-order valence-corrected chi connectivity index (χ3v) is 3.02. The Hall–Kier alpha value is -2.34. The number of H-pyrrole nitrogens is 1. The number of pyridine rings is 2. The molecule has 0 unspecified atom stereocenters. The quantitative estimate of drug-likeness (QED) is 0.727. The van der Waals surface area contributed by atoms with Crippen molar-refractivity contribution in [3.8, 4) is 17.1 Å². The highest BCUT2D eigenvalue weighted by Crippen LogP contribution is 2.19. The molecule has 0 aliphatic carbocycles. The van der Waals surface area contributed by atoms with Crippen molar-refractivity contribution in [1.29, 1.82) is 0 Å². The van der Waals surface area contributed by atoms with Crippen molar-refractivity contribution in [2.45, 2.75) is 6.92 Å². The second kappa shape index (κ2) is 4.74. The molecule has 0 spiro atoms. The molecule has 3 heterocycles. The van der Waals surface area contributed by atoms with Gasteiger partial charge in [-0.25, -0.2) is 0 Å². The lowest BCUT2D eigenvalue weighted by atomic mass is 10.2. The molecule has 0 aliphatic rings. The summed E-state index contributed by atoms with van der Waals surface area (Å²) in [7, 11) is 0. The van der Waals surface area contributed by atoms with Crippen molar-refractivity contribution >= 4 is 12.2 Å². The maximum Gasteiger partial charge on any atom is 0.200 e. The van der Waals surface area contributed by atoms with Gasteiger partial charge in [-0.3, -0.25) is 19.6 Å². The third-order valence-electron chi connectivity index (χ3n) is 2.75. The normalized spacial score (nSPS) is 10.6. The van der Waals surface area contributed by atoms with Gasteiger partial charge in [0.15, 0.2) is 10.6 Å². The van der Waals surface area contributed by atoms with Gasteiger partial charge in [-0.2, -0.15) is 5.10 Å². The maximum atomic E-state index is 5.28. The number of nitrogens with zero attached hydrogens (tertiary/aromatic N) is 4. The second-order valence-electron chi connectivity index (χ2n) is 4.09. The minimum atomic E-state index is 0.532. The molecule has 0 fully saturated rings. The fourth-order valence-electron chi connectivity index (χ4n) is 1.82. The fraction of sp³-hybridized carbons (Fsp3) is 0.0769. The number of aromatic amines is 1. The monoisotopic (exact) mass is 269 g/mol. The van der Waals surface area contributed by atoms with Crippen LogP contribution in [-0.2, 0) is 0 Å². The Morgan fingerprint density at radius 2 is 2.11 bits per heavy atom. The Morgan fingerprint density at radius 3 is 2.79 bits per heavy atom. The molecule has 19 heavy (non-hydrogen) atoms. The predicted molar refractivity (Wildman–Crippen MR) is 74.5 cm³/mol. The van der Waals surface area contributed by atoms with Crippen LogP contribution in [0.15, 0.2) is 42.9 Å². The third kappa shape index (κ3) is 2.17. The number of hydrogen-bond acceptors (Lipinski definition) is 4. The van der Waals surface area contributed by atoms with Crippen molar-refractivity contribution in [3.63, 3.8) is 0 Å². The van der Waals surface area contributed by atoms with Crippen molar-refractivity contribution in [1.82, 2.24) is 24.7 Å². The lowest BCUT2D eigenvalue weighted by Gasteiger charge is -2.06. The zero-order valence-electron chi connectivity index (χ0n) is 10.2. The molecule has 0 aromatic carbocycles. The predicted octanol–water partition coefficient (Wildman–Crippen LogP) is 2.70. The van der Waals surface area contributed by atoms with Crippen LogP contribution in [0.4, 0.5) is 0 Å². The van der Waals surface area contributed by atoms with Crippen LogP contribution in [-0.4, -0.2) is 24.7 Å². The van der Waals surface area contributed by atoms with Gasteiger partial charge in [-0.05, 0) is 43.4 Å². The average Bonchev–Trinajstić information content (AvgIpc) is 2.83. The van der Waals surface area contributed by atoms with E-state index in [1.165, 1.54) is 0 Å². The molecule has 0 aliphatic heterocycles. The van der Waals surface area contributed by atoms with E-state index in [1.54, 1.807) is 18.6 Å². The van der Waals surface area contributed by atoms with Gasteiger partial charge in [-0.15, -0.1) is 0 Å². The smallest absolute Gasteiger partial charge is 0.200 e. The molecule has 0 radical (unpaired) electrons. The molecule has 3 rings (SSSR count). The van der Waals surface area contributed by atoms with Crippen molar-refractivity contribution in [3.05, 3.63) is 53.3 Å². The lowest BCUT2D eigenvalue weighted by Crippen LogP contribution is -1.99. The van der Waals surface area contributed by atoms with Crippen LogP contribution in [0.25, 0.3) is 17.1 Å². The molecular weight excluding hydrogens is 258 g/mol. The zero-order chi connectivity index (χ0) is 13.2. The van der Waals surface area contributed by atoms with E-state index >= 15 is 0 Å². The molecule has 0 saturated heterocycles. The SMILES string of the molecule is Cc1ccc(-n2c(-c3cccnc3)n[nH]c2=S)cn1. The largest absolute Gasteiger partial charge is 0.267 e. The number of rotatable bonds is 2. The molecule has 94 valence electrons. The summed E-state index contributed by atoms with van der Waals surface area (Å²) in [5.74, 6) is 0.726. The number of aromatic nitrogens is 5. The van der Waals surface area contributed by atoms with Gasteiger partial charge in [0, 0.05) is 23.7 Å². The minimum Gasteiger partial charge on any atom is -0.267 e. The summed E-state index contributed by atoms with van der Waals surface area (Å²) in [4.78, 5) is 8.39. The number of nitrogens with one attached hydrogen (secondary N) is 1. The van der Waals surface area contributed by atoms with E-state index in [-0.39, 0.29) is 0 Å². The zero-order valence-corrected chi connectivity index (χ0v) is 11.1. The van der Waals surface area contributed by atoms with Gasteiger partial charge in [0.2, 0.25) is 0 Å². The standard InChI is InChI=1S/C13H11N5S/c1-9-4-5-11(8-15-9)18-12(16-17-13(18)19)10-3-2-6-14-7-10/h2-8H,1H3,(H,17,19). The first-order chi connectivity index (χ1) is 9.25. The minimum absolute atomic E-state index is 0.532. The summed E-state index contributed by atoms with van der Waals surface area (Å²) in [6.07, 6.45) is 5.26. The summed E-state index contributed by atoms with van der Waals surface area (Å²) in [6.45, 7) is 1.94. The van der Waals surface area contributed by atoms with Crippen molar-refractivity contribution < 1.29 is 0 Å². The summed E-state index contributed by atoms with van der Waals surface area (Å²) >= 11 is 5.28. The van der Waals surface area contributed by atoms with Gasteiger partial charge in [0.25, 0.3) is 0 Å². The Balaban J connectivity index is 2.19. The molecule has 0 amide bonds. The van der Waals surface area contributed by atoms with Gasteiger partial charge in [0.1, 0.15) is 0 Å². The van der Waals surface area contributed by atoms with Crippen LogP contribution in [0.1, 0.15) is 5.69 Å². The van der Waals surface area contributed by atoms with E-state index in [0.29, 0.717) is 4.77 Å². The average molecular weight is 269 g/mol. The molecule has 3 aromatic heterocycles. The van der Waals surface area contributed by atoms with Gasteiger partial charge < -0.3 is 0 Å². The van der Waals surface area contributed by atoms with Crippen molar-refractivity contribution in [2.24, 2.45) is 0 Å². The van der Waals surface area contributed by atoms with E-state index in [0.717, 1.165) is 22.8 Å². The molecule has 5 nitrogen and oxygen atoms in total. The molecular formula is C13H11N5S. The van der Waals surface area contributed by atoms with Crippen LogP contribution in [0, 0.1) is 11.7 Å². The summed E-state index contributed by atoms with van der Waals surface area (Å²) in [5.41, 5.74) is 2.74. The van der Waals surface area contributed by atoms with Crippen LogP contribution in [0.3, 0.4) is 0 Å². The molecule has 1 N–H and O–H groups in total. The molecule has 6 heteroatoms. The topological polar surface area (TPSA) is 59.4 Å². The molecule has 0 bridgehead atoms. The van der Waals surface area contributed by atoms with E-state index < -0.39 is 0 Å². The summed E-state index contributed by atoms with van der Waals surface area (Å²) < 4.78 is 2.38. The highest BCUT2D eigenvalue weighted by Gasteiger charge is 2.10. The number of hydrogen-bond donors (Lipinski definition) is 1. The second-order valence-corrected chi connectivity index (χ2v) is 4.47. The first-order valence-electron chi connectivity index (χ1n) is 5.76. The van der Waals surface area contributed by atoms with Crippen molar-refractivity contribution in [2.75, 3.05) is 0 Å². The first-order valence-corrected chi connectivity index (χ1v) is 6.17. The summed E-state index contributed by atoms with van der Waals surface area (Å²) in [6, 6.07) is 7.71. The lowest BCUT2D eigenvalue weighted by molar-refractivity contribution is 1.01.